The molecule has 8 nitrogen and oxygen atoms in total. The lowest BCUT2D eigenvalue weighted by molar-refractivity contribution is 0.452. The molecule has 3 aromatic rings. The molecule has 3 heterocycles. The van der Waals surface area contributed by atoms with E-state index in [4.69, 9.17) is 0 Å². The third-order valence-electron chi connectivity index (χ3n) is 3.49. The van der Waals surface area contributed by atoms with Gasteiger partial charge in [0.05, 0.1) is 5.54 Å². The van der Waals surface area contributed by atoms with Crippen LogP contribution in [0.25, 0.3) is 5.65 Å². The molecule has 0 aliphatic heterocycles. The monoisotopic (exact) mass is 256 g/mol. The molecule has 96 valence electrons. The van der Waals surface area contributed by atoms with Crippen LogP contribution in [0.2, 0.25) is 0 Å². The second-order valence-electron chi connectivity index (χ2n) is 4.77. The van der Waals surface area contributed by atoms with Gasteiger partial charge in [-0.05, 0) is 41.5 Å². The molecule has 4 rings (SSSR count). The summed E-state index contributed by atoms with van der Waals surface area (Å²) in [5.74, 6) is 0.762. The smallest absolute Gasteiger partial charge is 0.200 e. The van der Waals surface area contributed by atoms with Crippen LogP contribution in [0.5, 0.6) is 0 Å². The maximum absolute atomic E-state index is 4.32. The van der Waals surface area contributed by atoms with Crippen molar-refractivity contribution in [2.45, 2.75) is 18.4 Å². The number of nitrogens with one attached hydrogen (secondary N) is 1. The van der Waals surface area contributed by atoms with Crippen LogP contribution in [0.15, 0.2) is 30.6 Å². The maximum Gasteiger partial charge on any atom is 0.200 e. The normalized spacial score (nSPS) is 16.6. The summed E-state index contributed by atoms with van der Waals surface area (Å²) in [4.78, 5) is 0. The average molecular weight is 256 g/mol. The summed E-state index contributed by atoms with van der Waals surface area (Å²) in [5.41, 5.74) is 0.736. The van der Waals surface area contributed by atoms with E-state index in [1.807, 2.05) is 35.3 Å². The van der Waals surface area contributed by atoms with Crippen molar-refractivity contribution in [3.63, 3.8) is 0 Å². The molecule has 19 heavy (non-hydrogen) atoms. The fourth-order valence-corrected chi connectivity index (χ4v) is 2.18. The Morgan fingerprint density at radius 1 is 1.32 bits per heavy atom. The van der Waals surface area contributed by atoms with Gasteiger partial charge in [-0.2, -0.15) is 5.10 Å². The van der Waals surface area contributed by atoms with Gasteiger partial charge in [0.15, 0.2) is 5.65 Å². The first-order valence-corrected chi connectivity index (χ1v) is 6.15. The van der Waals surface area contributed by atoms with E-state index < -0.39 is 0 Å². The Morgan fingerprint density at radius 3 is 3.05 bits per heavy atom. The van der Waals surface area contributed by atoms with Crippen LogP contribution in [-0.2, 0) is 5.54 Å². The molecular formula is C11H12N8. The molecule has 0 radical (unpaired) electrons. The van der Waals surface area contributed by atoms with Crippen molar-refractivity contribution in [2.75, 3.05) is 11.9 Å². The van der Waals surface area contributed by atoms with E-state index in [-0.39, 0.29) is 5.54 Å². The topological polar surface area (TPSA) is 85.8 Å². The van der Waals surface area contributed by atoms with Gasteiger partial charge >= 0.3 is 0 Å². The Bertz CT molecular complexity index is 696. The number of anilines is 1. The predicted octanol–water partition coefficient (Wildman–Crippen LogP) is 0.317. The number of aromatic nitrogens is 7. The van der Waals surface area contributed by atoms with Crippen molar-refractivity contribution in [1.29, 1.82) is 0 Å². The van der Waals surface area contributed by atoms with E-state index in [2.05, 4.69) is 31.0 Å². The fourth-order valence-electron chi connectivity index (χ4n) is 2.18. The quantitative estimate of drug-likeness (QED) is 0.723. The van der Waals surface area contributed by atoms with E-state index in [1.165, 1.54) is 4.63 Å². The van der Waals surface area contributed by atoms with Crippen LogP contribution in [0.3, 0.4) is 0 Å². The number of rotatable bonds is 4. The third kappa shape index (κ3) is 1.72. The molecule has 8 heteroatoms. The molecule has 0 atom stereocenters. The largest absolute Gasteiger partial charge is 0.366 e. The van der Waals surface area contributed by atoms with Crippen LogP contribution in [0, 0.1) is 0 Å². The molecule has 3 aromatic heterocycles. The lowest BCUT2D eigenvalue weighted by Gasteiger charge is -2.16. The molecule has 1 aliphatic rings. The van der Waals surface area contributed by atoms with Gasteiger partial charge in [0.1, 0.15) is 5.82 Å². The second kappa shape index (κ2) is 3.74. The summed E-state index contributed by atoms with van der Waals surface area (Å²) in [6, 6.07) is 5.67. The first-order valence-electron chi connectivity index (χ1n) is 6.15. The zero-order valence-corrected chi connectivity index (χ0v) is 10.1. The Labute approximate surface area is 108 Å². The average Bonchev–Trinajstić information content (AvgIpc) is 2.89. The first kappa shape index (κ1) is 10.4. The standard InChI is InChI=1S/C11H12N8/c1-6-13-18(7-1)11(4-5-11)8-12-9-2-3-10-14-16-17-19(10)15-9/h1-3,6-7H,4-5,8H2,(H,12,15). The SMILES string of the molecule is c1cnn(C2(CNc3ccc4nnnn4n3)CC2)c1. The van der Waals surface area contributed by atoms with Crippen molar-refractivity contribution in [1.82, 2.24) is 35.0 Å². The zero-order chi connectivity index (χ0) is 12.7. The van der Waals surface area contributed by atoms with Crippen LogP contribution in [0.1, 0.15) is 12.8 Å². The van der Waals surface area contributed by atoms with Gasteiger partial charge in [0.2, 0.25) is 0 Å². The molecule has 0 bridgehead atoms. The number of nitrogens with zero attached hydrogens (tertiary/aromatic N) is 7. The van der Waals surface area contributed by atoms with E-state index in [9.17, 15) is 0 Å². The molecule has 0 amide bonds. The van der Waals surface area contributed by atoms with E-state index in [0.29, 0.717) is 5.65 Å². The highest BCUT2D eigenvalue weighted by Gasteiger charge is 2.45. The third-order valence-corrected chi connectivity index (χ3v) is 3.49. The number of fused-ring (bicyclic) bond motifs is 1. The van der Waals surface area contributed by atoms with Crippen molar-refractivity contribution in [3.05, 3.63) is 30.6 Å². The van der Waals surface area contributed by atoms with Gasteiger partial charge in [-0.3, -0.25) is 4.68 Å². The van der Waals surface area contributed by atoms with E-state index in [0.717, 1.165) is 25.2 Å². The molecule has 1 aliphatic carbocycles. The minimum atomic E-state index is 0.0980. The number of hydrogen-bond acceptors (Lipinski definition) is 6. The molecule has 0 unspecified atom stereocenters. The van der Waals surface area contributed by atoms with Crippen molar-refractivity contribution >= 4 is 11.5 Å². The van der Waals surface area contributed by atoms with Crippen LogP contribution < -0.4 is 5.32 Å². The molecular weight excluding hydrogens is 244 g/mol. The molecule has 1 saturated carbocycles. The summed E-state index contributed by atoms with van der Waals surface area (Å²) in [5, 5.41) is 23.1. The van der Waals surface area contributed by atoms with Crippen molar-refractivity contribution in [3.8, 4) is 0 Å². The first-order chi connectivity index (χ1) is 9.36. The molecule has 1 fully saturated rings. The number of tetrazole rings is 1. The Kier molecular flexibility index (Phi) is 2.05. The highest BCUT2D eigenvalue weighted by Crippen LogP contribution is 2.42. The van der Waals surface area contributed by atoms with Gasteiger partial charge in [-0.25, -0.2) is 0 Å². The van der Waals surface area contributed by atoms with Gasteiger partial charge in [-0.15, -0.1) is 14.8 Å². The summed E-state index contributed by atoms with van der Waals surface area (Å²) in [6.45, 7) is 0.801. The lowest BCUT2D eigenvalue weighted by atomic mass is 10.3. The van der Waals surface area contributed by atoms with E-state index in [1.54, 1.807) is 0 Å². The zero-order valence-electron chi connectivity index (χ0n) is 10.1. The van der Waals surface area contributed by atoms with Crippen molar-refractivity contribution < 1.29 is 0 Å². The van der Waals surface area contributed by atoms with Crippen molar-refractivity contribution in [2.24, 2.45) is 0 Å². The Hall–Kier alpha value is -2.51. The molecule has 1 N–H and O–H groups in total. The van der Waals surface area contributed by atoms with Gasteiger partial charge < -0.3 is 5.32 Å². The molecule has 0 spiro atoms. The maximum atomic E-state index is 4.32. The van der Waals surface area contributed by atoms with Gasteiger partial charge in [-0.1, -0.05) is 0 Å². The second-order valence-corrected chi connectivity index (χ2v) is 4.77. The minimum Gasteiger partial charge on any atom is -0.366 e. The summed E-state index contributed by atoms with van der Waals surface area (Å²) in [7, 11) is 0. The molecule has 0 saturated heterocycles. The predicted molar refractivity (Wildman–Crippen MR) is 66.5 cm³/mol. The Balaban J connectivity index is 1.53. The highest BCUT2D eigenvalue weighted by atomic mass is 15.6. The van der Waals surface area contributed by atoms with Crippen LogP contribution in [0.4, 0.5) is 5.82 Å². The summed E-state index contributed by atoms with van der Waals surface area (Å²) < 4.78 is 3.44. The van der Waals surface area contributed by atoms with Crippen LogP contribution in [-0.4, -0.2) is 41.6 Å². The van der Waals surface area contributed by atoms with Crippen LogP contribution >= 0.6 is 0 Å². The van der Waals surface area contributed by atoms with Gasteiger partial charge in [0.25, 0.3) is 0 Å². The Morgan fingerprint density at radius 2 is 2.26 bits per heavy atom. The number of hydrogen-bond donors (Lipinski definition) is 1. The highest BCUT2D eigenvalue weighted by molar-refractivity contribution is 5.42. The fraction of sp³-hybridized carbons (Fsp3) is 0.364. The van der Waals surface area contributed by atoms with Gasteiger partial charge in [0, 0.05) is 18.9 Å². The lowest BCUT2D eigenvalue weighted by Crippen LogP contribution is -2.27. The summed E-state index contributed by atoms with van der Waals surface area (Å²) in [6.07, 6.45) is 6.09. The van der Waals surface area contributed by atoms with E-state index >= 15 is 0 Å². The summed E-state index contributed by atoms with van der Waals surface area (Å²) >= 11 is 0. The minimum absolute atomic E-state index is 0.0980. The molecule has 0 aromatic carbocycles.